The summed E-state index contributed by atoms with van der Waals surface area (Å²) in [6.45, 7) is 3.82. The topological polar surface area (TPSA) is 80.0 Å². The lowest BCUT2D eigenvalue weighted by Crippen LogP contribution is -2.38. The number of nitrogens with two attached hydrogens (primary N) is 1. The van der Waals surface area contributed by atoms with Crippen molar-refractivity contribution in [3.8, 4) is 5.75 Å². The van der Waals surface area contributed by atoms with Gasteiger partial charge in [-0.05, 0) is 42.3 Å². The van der Waals surface area contributed by atoms with Crippen LogP contribution < -0.4 is 15.8 Å². The van der Waals surface area contributed by atoms with Crippen LogP contribution in [-0.4, -0.2) is 37.0 Å². The zero-order valence-electron chi connectivity index (χ0n) is 15.6. The van der Waals surface area contributed by atoms with Crippen molar-refractivity contribution in [3.63, 3.8) is 0 Å². The normalized spacial score (nSPS) is 11.1. The molecule has 0 radical (unpaired) electrons. The third kappa shape index (κ3) is 7.19. The Morgan fingerprint density at radius 3 is 2.67 bits per heavy atom. The number of carbonyl (C=O) groups is 1. The van der Waals surface area contributed by atoms with Crippen LogP contribution in [0.2, 0.25) is 5.02 Å². The second kappa shape index (κ2) is 10.4. The summed E-state index contributed by atoms with van der Waals surface area (Å²) < 4.78 is 5.34. The maximum absolute atomic E-state index is 10.8. The Morgan fingerprint density at radius 2 is 1.96 bits per heavy atom. The number of hydrogen-bond acceptors (Lipinski definition) is 3. The number of benzene rings is 2. The van der Waals surface area contributed by atoms with Gasteiger partial charge in [0, 0.05) is 25.2 Å². The smallest absolute Gasteiger partial charge is 0.255 e. The molecule has 144 valence electrons. The standard InChI is InChI=1S/C20H25ClN4O2/c1-3-23-20(25(2)13-16-7-4-8-17(21)10-16)24-12-15-6-5-9-18(11-15)27-14-19(22)26/h4-11H,3,12-14H2,1-2H3,(H2,22,26)(H,23,24). The molecule has 0 heterocycles. The van der Waals surface area contributed by atoms with Crippen LogP contribution >= 0.6 is 11.6 Å². The molecule has 0 aliphatic carbocycles. The maximum atomic E-state index is 10.8. The second-order valence-corrected chi connectivity index (χ2v) is 6.49. The number of halogens is 1. The molecule has 1 amide bonds. The molecule has 2 rings (SSSR count). The van der Waals surface area contributed by atoms with Gasteiger partial charge in [-0.2, -0.15) is 0 Å². The first-order chi connectivity index (χ1) is 13.0. The van der Waals surface area contributed by atoms with E-state index in [1.54, 1.807) is 6.07 Å². The van der Waals surface area contributed by atoms with Crippen molar-refractivity contribution in [2.24, 2.45) is 10.7 Å². The first-order valence-electron chi connectivity index (χ1n) is 8.72. The van der Waals surface area contributed by atoms with E-state index in [0.717, 1.165) is 28.7 Å². The number of aliphatic imine (C=N–C) groups is 1. The molecule has 0 aromatic heterocycles. The number of hydrogen-bond donors (Lipinski definition) is 2. The number of primary amides is 1. The first kappa shape index (κ1) is 20.6. The molecule has 0 atom stereocenters. The number of guanidine groups is 1. The van der Waals surface area contributed by atoms with Gasteiger partial charge in [0.2, 0.25) is 0 Å². The highest BCUT2D eigenvalue weighted by Crippen LogP contribution is 2.15. The minimum absolute atomic E-state index is 0.141. The predicted molar refractivity (Wildman–Crippen MR) is 109 cm³/mol. The van der Waals surface area contributed by atoms with Crippen molar-refractivity contribution >= 4 is 23.5 Å². The van der Waals surface area contributed by atoms with Crippen molar-refractivity contribution in [2.75, 3.05) is 20.2 Å². The van der Waals surface area contributed by atoms with Crippen LogP contribution in [0.5, 0.6) is 5.75 Å². The number of amides is 1. The Labute approximate surface area is 165 Å². The number of rotatable bonds is 8. The summed E-state index contributed by atoms with van der Waals surface area (Å²) in [5.41, 5.74) is 7.19. The molecule has 0 saturated heterocycles. The van der Waals surface area contributed by atoms with Crippen LogP contribution in [0.4, 0.5) is 0 Å². The Kier molecular flexibility index (Phi) is 7.95. The average Bonchev–Trinajstić information content (AvgIpc) is 2.63. The molecule has 0 saturated carbocycles. The molecule has 0 unspecified atom stereocenters. The molecule has 6 nitrogen and oxygen atoms in total. The number of ether oxygens (including phenoxy) is 1. The quantitative estimate of drug-likeness (QED) is 0.538. The zero-order chi connectivity index (χ0) is 19.6. The summed E-state index contributed by atoms with van der Waals surface area (Å²) in [7, 11) is 1.98. The summed E-state index contributed by atoms with van der Waals surface area (Å²) in [6.07, 6.45) is 0. The number of nitrogens with zero attached hydrogens (tertiary/aromatic N) is 2. The Bertz CT molecular complexity index is 795. The number of carbonyl (C=O) groups excluding carboxylic acids is 1. The summed E-state index contributed by atoms with van der Waals surface area (Å²) in [6, 6.07) is 15.2. The van der Waals surface area contributed by atoms with Gasteiger partial charge in [0.15, 0.2) is 12.6 Å². The Hall–Kier alpha value is -2.73. The van der Waals surface area contributed by atoms with Crippen LogP contribution in [0.15, 0.2) is 53.5 Å². The van der Waals surface area contributed by atoms with Gasteiger partial charge < -0.3 is 20.7 Å². The molecule has 3 N–H and O–H groups in total. The predicted octanol–water partition coefficient (Wildman–Crippen LogP) is 2.80. The van der Waals surface area contributed by atoms with Crippen molar-refractivity contribution in [2.45, 2.75) is 20.0 Å². The molecular weight excluding hydrogens is 364 g/mol. The van der Waals surface area contributed by atoms with Crippen LogP contribution in [-0.2, 0) is 17.9 Å². The third-order valence-corrected chi connectivity index (χ3v) is 3.93. The average molecular weight is 389 g/mol. The van der Waals surface area contributed by atoms with E-state index in [4.69, 9.17) is 22.1 Å². The minimum atomic E-state index is -0.504. The highest BCUT2D eigenvalue weighted by atomic mass is 35.5. The van der Waals surface area contributed by atoms with Gasteiger partial charge in [0.05, 0.1) is 6.54 Å². The summed E-state index contributed by atoms with van der Waals surface area (Å²) in [5, 5.41) is 4.01. The molecule has 2 aromatic rings. The molecule has 27 heavy (non-hydrogen) atoms. The Balaban J connectivity index is 2.05. The zero-order valence-corrected chi connectivity index (χ0v) is 16.4. The van der Waals surface area contributed by atoms with Crippen LogP contribution in [0.3, 0.4) is 0 Å². The molecule has 0 bridgehead atoms. The molecule has 2 aromatic carbocycles. The highest BCUT2D eigenvalue weighted by Gasteiger charge is 2.07. The van der Waals surface area contributed by atoms with Gasteiger partial charge in [0.25, 0.3) is 5.91 Å². The molecule has 0 aliphatic rings. The van der Waals surface area contributed by atoms with E-state index in [0.29, 0.717) is 18.8 Å². The SMILES string of the molecule is CCNC(=NCc1cccc(OCC(N)=O)c1)N(C)Cc1cccc(Cl)c1. The first-order valence-corrected chi connectivity index (χ1v) is 9.09. The van der Waals surface area contributed by atoms with Crippen LogP contribution in [0.25, 0.3) is 0 Å². The summed E-state index contributed by atoms with van der Waals surface area (Å²) in [5.74, 6) is 0.884. The molecule has 7 heteroatoms. The number of nitrogens with one attached hydrogen (secondary N) is 1. The summed E-state index contributed by atoms with van der Waals surface area (Å²) >= 11 is 6.07. The van der Waals surface area contributed by atoms with E-state index in [-0.39, 0.29) is 6.61 Å². The van der Waals surface area contributed by atoms with E-state index in [9.17, 15) is 4.79 Å². The molecule has 0 spiro atoms. The van der Waals surface area contributed by atoms with Crippen molar-refractivity contribution in [1.82, 2.24) is 10.2 Å². The minimum Gasteiger partial charge on any atom is -0.484 e. The van der Waals surface area contributed by atoms with Gasteiger partial charge in [-0.25, -0.2) is 4.99 Å². The fourth-order valence-corrected chi connectivity index (χ4v) is 2.72. The lowest BCUT2D eigenvalue weighted by Gasteiger charge is -2.22. The lowest BCUT2D eigenvalue weighted by atomic mass is 10.2. The van der Waals surface area contributed by atoms with Crippen LogP contribution in [0, 0.1) is 0 Å². The fraction of sp³-hybridized carbons (Fsp3) is 0.300. The second-order valence-electron chi connectivity index (χ2n) is 6.06. The van der Waals surface area contributed by atoms with Crippen molar-refractivity contribution in [1.29, 1.82) is 0 Å². The van der Waals surface area contributed by atoms with Gasteiger partial charge >= 0.3 is 0 Å². The van der Waals surface area contributed by atoms with Gasteiger partial charge in [-0.15, -0.1) is 0 Å². The van der Waals surface area contributed by atoms with Gasteiger partial charge in [-0.3, -0.25) is 4.79 Å². The molecule has 0 fully saturated rings. The monoisotopic (exact) mass is 388 g/mol. The molecular formula is C20H25ClN4O2. The maximum Gasteiger partial charge on any atom is 0.255 e. The van der Waals surface area contributed by atoms with Crippen molar-refractivity contribution in [3.05, 3.63) is 64.7 Å². The lowest BCUT2D eigenvalue weighted by molar-refractivity contribution is -0.119. The third-order valence-electron chi connectivity index (χ3n) is 3.70. The Morgan fingerprint density at radius 1 is 1.22 bits per heavy atom. The van der Waals surface area contributed by atoms with E-state index in [1.807, 2.05) is 61.3 Å². The van der Waals surface area contributed by atoms with Crippen LogP contribution in [0.1, 0.15) is 18.1 Å². The summed E-state index contributed by atoms with van der Waals surface area (Å²) in [4.78, 5) is 17.6. The van der Waals surface area contributed by atoms with E-state index in [1.165, 1.54) is 0 Å². The largest absolute Gasteiger partial charge is 0.484 e. The van der Waals surface area contributed by atoms with Gasteiger partial charge in [-0.1, -0.05) is 35.9 Å². The fourth-order valence-electron chi connectivity index (χ4n) is 2.51. The van der Waals surface area contributed by atoms with E-state index >= 15 is 0 Å². The molecule has 0 aliphatic heterocycles. The van der Waals surface area contributed by atoms with Crippen molar-refractivity contribution < 1.29 is 9.53 Å². The highest BCUT2D eigenvalue weighted by molar-refractivity contribution is 6.30. The van der Waals surface area contributed by atoms with Gasteiger partial charge in [0.1, 0.15) is 5.75 Å². The van der Waals surface area contributed by atoms with E-state index in [2.05, 4.69) is 10.3 Å². The van der Waals surface area contributed by atoms with E-state index < -0.39 is 5.91 Å².